The second kappa shape index (κ2) is 8.14. The second-order valence-electron chi connectivity index (χ2n) is 5.82. The van der Waals surface area contributed by atoms with E-state index in [1.807, 2.05) is 19.1 Å². The van der Waals surface area contributed by atoms with Crippen molar-refractivity contribution >= 4 is 39.9 Å². The normalized spacial score (nSPS) is 10.6. The molecule has 0 aliphatic heterocycles. The zero-order valence-corrected chi connectivity index (χ0v) is 15.2. The van der Waals surface area contributed by atoms with Crippen LogP contribution in [0.5, 0.6) is 5.75 Å². The molecule has 1 N–H and O–H groups in total. The SMILES string of the molecule is CCCC(=O)Oc1cc(Cl)c(NC(=O)c2nccc3ccccc23)cc1F. The van der Waals surface area contributed by atoms with Crippen LogP contribution < -0.4 is 10.1 Å². The Balaban J connectivity index is 1.86. The Morgan fingerprint density at radius 1 is 1.22 bits per heavy atom. The number of benzene rings is 2. The molecule has 7 heteroatoms. The summed E-state index contributed by atoms with van der Waals surface area (Å²) in [5.74, 6) is -2.15. The fraction of sp³-hybridized carbons (Fsp3) is 0.150. The van der Waals surface area contributed by atoms with Gasteiger partial charge in [0.15, 0.2) is 11.6 Å². The predicted molar refractivity (Wildman–Crippen MR) is 102 cm³/mol. The number of esters is 1. The summed E-state index contributed by atoms with van der Waals surface area (Å²) in [5.41, 5.74) is 0.257. The quantitative estimate of drug-likeness (QED) is 0.495. The first kappa shape index (κ1) is 18.8. The van der Waals surface area contributed by atoms with Crippen molar-refractivity contribution < 1.29 is 18.7 Å². The number of ether oxygens (including phenoxy) is 1. The lowest BCUT2D eigenvalue weighted by Crippen LogP contribution is -2.15. The van der Waals surface area contributed by atoms with Gasteiger partial charge in [0, 0.05) is 30.1 Å². The fourth-order valence-corrected chi connectivity index (χ4v) is 2.76. The molecule has 0 aliphatic rings. The number of hydrogen-bond acceptors (Lipinski definition) is 4. The van der Waals surface area contributed by atoms with Crippen molar-refractivity contribution in [2.75, 3.05) is 5.32 Å². The van der Waals surface area contributed by atoms with E-state index in [1.165, 1.54) is 6.20 Å². The molecular weight excluding hydrogens is 371 g/mol. The highest BCUT2D eigenvalue weighted by atomic mass is 35.5. The largest absolute Gasteiger partial charge is 0.423 e. The number of anilines is 1. The van der Waals surface area contributed by atoms with E-state index in [4.69, 9.17) is 16.3 Å². The van der Waals surface area contributed by atoms with Gasteiger partial charge in [-0.3, -0.25) is 14.6 Å². The number of carbonyl (C=O) groups is 2. The lowest BCUT2D eigenvalue weighted by atomic mass is 10.1. The molecule has 3 aromatic rings. The molecular formula is C20H16ClFN2O3. The van der Waals surface area contributed by atoms with Crippen LogP contribution in [0.3, 0.4) is 0 Å². The van der Waals surface area contributed by atoms with Crippen LogP contribution in [-0.4, -0.2) is 16.9 Å². The predicted octanol–water partition coefficient (Wildman–Crippen LogP) is 4.99. The number of hydrogen-bond donors (Lipinski definition) is 1. The second-order valence-corrected chi connectivity index (χ2v) is 6.23. The molecule has 0 aliphatic carbocycles. The summed E-state index contributed by atoms with van der Waals surface area (Å²) in [5, 5.41) is 4.12. The van der Waals surface area contributed by atoms with Crippen LogP contribution in [0, 0.1) is 5.82 Å². The summed E-state index contributed by atoms with van der Waals surface area (Å²) in [7, 11) is 0. The minimum absolute atomic E-state index is 0.0456. The maximum atomic E-state index is 14.2. The highest BCUT2D eigenvalue weighted by molar-refractivity contribution is 6.34. The molecule has 3 rings (SSSR count). The highest BCUT2D eigenvalue weighted by Crippen LogP contribution is 2.31. The minimum Gasteiger partial charge on any atom is -0.423 e. The van der Waals surface area contributed by atoms with Crippen LogP contribution in [0.4, 0.5) is 10.1 Å². The first-order valence-corrected chi connectivity index (χ1v) is 8.72. The first-order valence-electron chi connectivity index (χ1n) is 8.34. The van der Waals surface area contributed by atoms with E-state index in [0.29, 0.717) is 11.8 Å². The number of carbonyl (C=O) groups excluding carboxylic acids is 2. The number of rotatable bonds is 5. The van der Waals surface area contributed by atoms with Crippen LogP contribution in [-0.2, 0) is 4.79 Å². The molecule has 0 saturated carbocycles. The maximum Gasteiger partial charge on any atom is 0.311 e. The van der Waals surface area contributed by atoms with Gasteiger partial charge < -0.3 is 10.1 Å². The van der Waals surface area contributed by atoms with Gasteiger partial charge in [-0.15, -0.1) is 0 Å². The summed E-state index contributed by atoms with van der Waals surface area (Å²) in [6.07, 6.45) is 2.28. The van der Waals surface area contributed by atoms with Crippen molar-refractivity contribution in [3.63, 3.8) is 0 Å². The lowest BCUT2D eigenvalue weighted by molar-refractivity contribution is -0.134. The van der Waals surface area contributed by atoms with Gasteiger partial charge in [-0.2, -0.15) is 0 Å². The van der Waals surface area contributed by atoms with Crippen molar-refractivity contribution in [1.82, 2.24) is 4.98 Å². The number of fused-ring (bicyclic) bond motifs is 1. The number of nitrogens with zero attached hydrogens (tertiary/aromatic N) is 1. The van der Waals surface area contributed by atoms with Gasteiger partial charge in [-0.25, -0.2) is 4.39 Å². The molecule has 0 spiro atoms. The standard InChI is InChI=1S/C20H16ClFN2O3/c1-2-5-18(25)27-17-10-14(21)16(11-15(17)22)24-20(26)19-13-7-4-3-6-12(13)8-9-23-19/h3-4,6-11H,2,5H2,1H3,(H,24,26). The molecule has 0 bridgehead atoms. The molecule has 1 heterocycles. The maximum absolute atomic E-state index is 14.2. The fourth-order valence-electron chi connectivity index (χ4n) is 2.56. The third-order valence-corrected chi connectivity index (χ3v) is 4.15. The molecule has 138 valence electrons. The Morgan fingerprint density at radius 2 is 2.00 bits per heavy atom. The van der Waals surface area contributed by atoms with Crippen molar-refractivity contribution in [3.8, 4) is 5.75 Å². The molecule has 0 fully saturated rings. The van der Waals surface area contributed by atoms with Crippen molar-refractivity contribution in [2.24, 2.45) is 0 Å². The van der Waals surface area contributed by atoms with Gasteiger partial charge in [0.25, 0.3) is 5.91 Å². The summed E-state index contributed by atoms with van der Waals surface area (Å²) < 4.78 is 19.2. The molecule has 2 aromatic carbocycles. The monoisotopic (exact) mass is 386 g/mol. The molecule has 0 radical (unpaired) electrons. The van der Waals surface area contributed by atoms with Gasteiger partial charge in [-0.1, -0.05) is 42.8 Å². The van der Waals surface area contributed by atoms with Crippen LogP contribution >= 0.6 is 11.6 Å². The van der Waals surface area contributed by atoms with Crippen LogP contribution in [0.25, 0.3) is 10.8 Å². The van der Waals surface area contributed by atoms with Crippen LogP contribution in [0.15, 0.2) is 48.7 Å². The average Bonchev–Trinajstić information content (AvgIpc) is 2.65. The zero-order valence-electron chi connectivity index (χ0n) is 14.5. The van der Waals surface area contributed by atoms with Gasteiger partial charge >= 0.3 is 5.97 Å². The van der Waals surface area contributed by atoms with E-state index < -0.39 is 17.7 Å². The third kappa shape index (κ3) is 4.23. The van der Waals surface area contributed by atoms with Gasteiger partial charge in [0.05, 0.1) is 10.7 Å². The highest BCUT2D eigenvalue weighted by Gasteiger charge is 2.17. The van der Waals surface area contributed by atoms with E-state index in [-0.39, 0.29) is 28.6 Å². The number of nitrogens with one attached hydrogen (secondary N) is 1. The molecule has 0 atom stereocenters. The Kier molecular flexibility index (Phi) is 5.66. The number of amides is 1. The van der Waals surface area contributed by atoms with E-state index in [9.17, 15) is 14.0 Å². The first-order chi connectivity index (χ1) is 13.0. The topological polar surface area (TPSA) is 68.3 Å². The number of halogens is 2. The molecule has 27 heavy (non-hydrogen) atoms. The molecule has 5 nitrogen and oxygen atoms in total. The van der Waals surface area contributed by atoms with Gasteiger partial charge in [-0.05, 0) is 17.9 Å². The Morgan fingerprint density at radius 3 is 2.78 bits per heavy atom. The average molecular weight is 387 g/mol. The smallest absolute Gasteiger partial charge is 0.311 e. The van der Waals surface area contributed by atoms with Crippen molar-refractivity contribution in [1.29, 1.82) is 0 Å². The lowest BCUT2D eigenvalue weighted by Gasteiger charge is -2.11. The summed E-state index contributed by atoms with van der Waals surface area (Å²) >= 11 is 6.12. The van der Waals surface area contributed by atoms with Crippen LogP contribution in [0.1, 0.15) is 30.3 Å². The summed E-state index contributed by atoms with van der Waals surface area (Å²) in [4.78, 5) is 28.3. The molecule has 1 aromatic heterocycles. The number of pyridine rings is 1. The Hall–Kier alpha value is -2.99. The Bertz CT molecular complexity index is 1020. The van der Waals surface area contributed by atoms with E-state index in [1.54, 1.807) is 18.2 Å². The number of aromatic nitrogens is 1. The zero-order chi connectivity index (χ0) is 19.4. The third-order valence-electron chi connectivity index (χ3n) is 3.84. The van der Waals surface area contributed by atoms with Gasteiger partial charge in [0.1, 0.15) is 5.69 Å². The van der Waals surface area contributed by atoms with Crippen molar-refractivity contribution in [2.45, 2.75) is 19.8 Å². The minimum atomic E-state index is -0.801. The summed E-state index contributed by atoms with van der Waals surface area (Å²) in [6, 6.07) is 11.3. The van der Waals surface area contributed by atoms with Crippen LogP contribution in [0.2, 0.25) is 5.02 Å². The summed E-state index contributed by atoms with van der Waals surface area (Å²) in [6.45, 7) is 1.81. The molecule has 0 unspecified atom stereocenters. The van der Waals surface area contributed by atoms with E-state index >= 15 is 0 Å². The Labute approximate surface area is 160 Å². The van der Waals surface area contributed by atoms with E-state index in [0.717, 1.165) is 17.5 Å². The van der Waals surface area contributed by atoms with Crippen molar-refractivity contribution in [3.05, 3.63) is 65.2 Å². The molecule has 1 amide bonds. The molecule has 0 saturated heterocycles. The van der Waals surface area contributed by atoms with Gasteiger partial charge in [0.2, 0.25) is 0 Å². The van der Waals surface area contributed by atoms with E-state index in [2.05, 4.69) is 10.3 Å².